The highest BCUT2D eigenvalue weighted by Gasteiger charge is 2.29. The third-order valence-corrected chi connectivity index (χ3v) is 8.01. The van der Waals surface area contributed by atoms with E-state index in [0.717, 1.165) is 36.1 Å². The lowest BCUT2D eigenvalue weighted by Crippen LogP contribution is -2.38. The van der Waals surface area contributed by atoms with Crippen molar-refractivity contribution in [2.75, 3.05) is 32.1 Å². The molecule has 2 aromatic heterocycles. The maximum atomic E-state index is 13.9. The molecule has 1 unspecified atom stereocenters. The lowest BCUT2D eigenvalue weighted by atomic mass is 9.97. The Labute approximate surface area is 208 Å². The summed E-state index contributed by atoms with van der Waals surface area (Å²) in [5.74, 6) is 0.820. The molecule has 0 fully saturated rings. The summed E-state index contributed by atoms with van der Waals surface area (Å²) in [5, 5.41) is 0.674. The van der Waals surface area contributed by atoms with E-state index >= 15 is 0 Å². The molecule has 1 atom stereocenters. The van der Waals surface area contributed by atoms with Crippen LogP contribution in [0.1, 0.15) is 59.4 Å². The molecule has 3 heterocycles. The number of fused-ring (bicyclic) bond motifs is 4. The molecule has 1 aromatic carbocycles. The van der Waals surface area contributed by atoms with Crippen molar-refractivity contribution in [1.29, 1.82) is 0 Å². The summed E-state index contributed by atoms with van der Waals surface area (Å²) in [4.78, 5) is 50.4. The average Bonchev–Trinajstić information content (AvgIpc) is 3.21. The molecule has 2 aliphatic rings. The Kier molecular flexibility index (Phi) is 6.23. The molecule has 5 rings (SSSR count). The van der Waals surface area contributed by atoms with E-state index in [9.17, 15) is 14.4 Å². The molecule has 3 aromatic rings. The van der Waals surface area contributed by atoms with Crippen LogP contribution < -0.4 is 15.2 Å². The van der Waals surface area contributed by atoms with Gasteiger partial charge in [-0.3, -0.25) is 19.0 Å². The van der Waals surface area contributed by atoms with Gasteiger partial charge in [-0.25, -0.2) is 4.98 Å². The van der Waals surface area contributed by atoms with Crippen molar-refractivity contribution < 1.29 is 14.3 Å². The maximum Gasteiger partial charge on any atom is 0.265 e. The number of ketones is 1. The van der Waals surface area contributed by atoms with E-state index < -0.39 is 6.04 Å². The second-order valence-corrected chi connectivity index (χ2v) is 10.6. The number of benzene rings is 1. The number of amides is 1. The van der Waals surface area contributed by atoms with Crippen LogP contribution in [0.3, 0.4) is 0 Å². The molecule has 35 heavy (non-hydrogen) atoms. The van der Waals surface area contributed by atoms with E-state index in [1.165, 1.54) is 4.88 Å². The van der Waals surface area contributed by atoms with Crippen molar-refractivity contribution in [3.05, 3.63) is 50.4 Å². The number of carbonyl (C=O) groups is 2. The molecule has 0 radical (unpaired) electrons. The first-order valence-corrected chi connectivity index (χ1v) is 12.9. The summed E-state index contributed by atoms with van der Waals surface area (Å²) in [6.07, 6.45) is 4.06. The highest BCUT2D eigenvalue weighted by atomic mass is 32.1. The summed E-state index contributed by atoms with van der Waals surface area (Å²) in [6.45, 7) is 4.57. The highest BCUT2D eigenvalue weighted by Crippen LogP contribution is 2.36. The van der Waals surface area contributed by atoms with Crippen LogP contribution in [0.2, 0.25) is 0 Å². The van der Waals surface area contributed by atoms with Crippen LogP contribution in [0.25, 0.3) is 10.2 Å². The van der Waals surface area contributed by atoms with Crippen molar-refractivity contribution in [3.8, 4) is 5.75 Å². The Morgan fingerprint density at radius 3 is 2.74 bits per heavy atom. The number of nitrogens with zero attached hydrogens (tertiary/aromatic N) is 4. The number of likely N-dealkylation sites (N-methyl/N-ethyl adjacent to an activating group) is 1. The first kappa shape index (κ1) is 23.7. The molecule has 9 heteroatoms. The zero-order valence-corrected chi connectivity index (χ0v) is 21.4. The first-order valence-electron chi connectivity index (χ1n) is 12.1. The Hall–Kier alpha value is -3.04. The van der Waals surface area contributed by atoms with Gasteiger partial charge in [0.15, 0.2) is 12.4 Å². The van der Waals surface area contributed by atoms with Crippen molar-refractivity contribution >= 4 is 38.9 Å². The normalized spacial score (nSPS) is 16.3. The molecule has 1 amide bonds. The van der Waals surface area contributed by atoms with E-state index in [-0.39, 0.29) is 23.9 Å². The molecule has 8 nitrogen and oxygen atoms in total. The minimum atomic E-state index is -0.748. The third kappa shape index (κ3) is 4.06. The van der Waals surface area contributed by atoms with E-state index in [0.29, 0.717) is 41.3 Å². The van der Waals surface area contributed by atoms with Gasteiger partial charge in [0, 0.05) is 17.0 Å². The Bertz CT molecular complexity index is 1390. The van der Waals surface area contributed by atoms with Gasteiger partial charge in [-0.05, 0) is 77.4 Å². The first-order chi connectivity index (χ1) is 16.8. The third-order valence-electron chi connectivity index (χ3n) is 6.82. The SMILES string of the molecule is CCN1C(=O)COc2ccc(C(=O)C(C)n3c(CN(C)C)nc4sc5c(c4c3=O)CCCC5)cc21. The number of carbonyl (C=O) groups excluding carboxylic acids is 2. The van der Waals surface area contributed by atoms with Gasteiger partial charge in [0.05, 0.1) is 23.7 Å². The van der Waals surface area contributed by atoms with Crippen LogP contribution in [0.15, 0.2) is 23.0 Å². The van der Waals surface area contributed by atoms with Crippen LogP contribution in [-0.4, -0.2) is 53.4 Å². The van der Waals surface area contributed by atoms with E-state index in [2.05, 4.69) is 0 Å². The molecule has 184 valence electrons. The highest BCUT2D eigenvalue weighted by molar-refractivity contribution is 7.18. The van der Waals surface area contributed by atoms with Crippen LogP contribution >= 0.6 is 11.3 Å². The van der Waals surface area contributed by atoms with E-state index in [1.807, 2.05) is 25.9 Å². The fourth-order valence-corrected chi connectivity index (χ4v) is 6.38. The zero-order chi connectivity index (χ0) is 24.9. The fraction of sp³-hybridized carbons (Fsp3) is 0.462. The zero-order valence-electron chi connectivity index (χ0n) is 20.6. The van der Waals surface area contributed by atoms with Crippen LogP contribution in [0.4, 0.5) is 5.69 Å². The maximum absolute atomic E-state index is 13.9. The quantitative estimate of drug-likeness (QED) is 0.487. The standard InChI is InChI=1S/C26H30N4O4S/c1-5-29-18-12-16(10-11-19(18)34-14-22(29)31)24(32)15(2)30-21(13-28(3)4)27-25-23(26(30)33)17-8-6-7-9-20(17)35-25/h10-12,15H,5-9,13-14H2,1-4H3. The number of Topliss-reactive ketones (excluding diaryl/α,β-unsaturated/α-hetero) is 1. The molecular weight excluding hydrogens is 464 g/mol. The predicted molar refractivity (Wildman–Crippen MR) is 137 cm³/mol. The second-order valence-electron chi connectivity index (χ2n) is 9.48. The number of rotatable bonds is 6. The largest absolute Gasteiger partial charge is 0.482 e. The predicted octanol–water partition coefficient (Wildman–Crippen LogP) is 3.59. The Morgan fingerprint density at radius 2 is 2.00 bits per heavy atom. The molecular formula is C26H30N4O4S. The number of aromatic nitrogens is 2. The number of hydrogen-bond donors (Lipinski definition) is 0. The number of thiophene rings is 1. The van der Waals surface area contributed by atoms with Crippen LogP contribution in [-0.2, 0) is 24.2 Å². The van der Waals surface area contributed by atoms with Gasteiger partial charge >= 0.3 is 0 Å². The van der Waals surface area contributed by atoms with Crippen molar-refractivity contribution in [3.63, 3.8) is 0 Å². The minimum absolute atomic E-state index is 0.00945. The number of hydrogen-bond acceptors (Lipinski definition) is 7. The molecule has 0 bridgehead atoms. The topological polar surface area (TPSA) is 84.7 Å². The second kappa shape index (κ2) is 9.20. The summed E-state index contributed by atoms with van der Waals surface area (Å²) < 4.78 is 7.12. The van der Waals surface area contributed by atoms with Gasteiger partial charge in [0.1, 0.15) is 16.4 Å². The molecule has 1 aliphatic carbocycles. The number of ether oxygens (including phenoxy) is 1. The van der Waals surface area contributed by atoms with Gasteiger partial charge in [-0.1, -0.05) is 0 Å². The molecule has 1 aliphatic heterocycles. The van der Waals surface area contributed by atoms with Crippen molar-refractivity contribution in [2.45, 2.75) is 52.1 Å². The van der Waals surface area contributed by atoms with Gasteiger partial charge in [-0.15, -0.1) is 11.3 Å². The van der Waals surface area contributed by atoms with Crippen LogP contribution in [0, 0.1) is 0 Å². The summed E-state index contributed by atoms with van der Waals surface area (Å²) in [5.41, 5.74) is 1.99. The lowest BCUT2D eigenvalue weighted by molar-refractivity contribution is -0.121. The van der Waals surface area contributed by atoms with Gasteiger partial charge < -0.3 is 14.5 Å². The summed E-state index contributed by atoms with van der Waals surface area (Å²) >= 11 is 1.62. The van der Waals surface area contributed by atoms with Gasteiger partial charge in [0.25, 0.3) is 11.5 Å². The van der Waals surface area contributed by atoms with Gasteiger partial charge in [-0.2, -0.15) is 0 Å². The molecule has 0 N–H and O–H groups in total. The summed E-state index contributed by atoms with van der Waals surface area (Å²) in [7, 11) is 3.85. The number of anilines is 1. The van der Waals surface area contributed by atoms with E-state index in [4.69, 9.17) is 9.72 Å². The minimum Gasteiger partial charge on any atom is -0.482 e. The lowest BCUT2D eigenvalue weighted by Gasteiger charge is -2.29. The number of aryl methyl sites for hydroxylation is 2. The van der Waals surface area contributed by atoms with Crippen LogP contribution in [0.5, 0.6) is 5.75 Å². The monoisotopic (exact) mass is 494 g/mol. The Morgan fingerprint density at radius 1 is 1.23 bits per heavy atom. The van der Waals surface area contributed by atoms with Gasteiger partial charge in [0.2, 0.25) is 0 Å². The van der Waals surface area contributed by atoms with E-state index in [1.54, 1.807) is 45.9 Å². The molecule has 0 saturated carbocycles. The smallest absolute Gasteiger partial charge is 0.265 e. The van der Waals surface area contributed by atoms with Crippen molar-refractivity contribution in [2.24, 2.45) is 0 Å². The molecule has 0 saturated heterocycles. The fourth-order valence-electron chi connectivity index (χ4n) is 5.11. The Balaban J connectivity index is 1.61. The molecule has 0 spiro atoms. The summed E-state index contributed by atoms with van der Waals surface area (Å²) in [6, 6.07) is 4.38. The van der Waals surface area contributed by atoms with Crippen molar-refractivity contribution in [1.82, 2.24) is 14.5 Å². The average molecular weight is 495 g/mol.